The van der Waals surface area contributed by atoms with Gasteiger partial charge in [0.25, 0.3) is 0 Å². The van der Waals surface area contributed by atoms with Gasteiger partial charge in [-0.05, 0) is 24.2 Å². The fourth-order valence-corrected chi connectivity index (χ4v) is 1.92. The summed E-state index contributed by atoms with van der Waals surface area (Å²) < 4.78 is 13.7. The van der Waals surface area contributed by atoms with Gasteiger partial charge in [-0.15, -0.1) is 0 Å². The SMILES string of the molecule is CCc1ncnc(NCC2CC2(C)C)c1F. The highest BCUT2D eigenvalue weighted by atomic mass is 19.1. The fourth-order valence-electron chi connectivity index (χ4n) is 1.92. The van der Waals surface area contributed by atoms with Crippen LogP contribution in [0.15, 0.2) is 6.33 Å². The lowest BCUT2D eigenvalue weighted by Crippen LogP contribution is -2.11. The number of aromatic nitrogens is 2. The van der Waals surface area contributed by atoms with Crippen molar-refractivity contribution in [2.75, 3.05) is 11.9 Å². The average molecular weight is 223 g/mol. The maximum absolute atomic E-state index is 13.7. The monoisotopic (exact) mass is 223 g/mol. The van der Waals surface area contributed by atoms with Crippen LogP contribution >= 0.6 is 0 Å². The Labute approximate surface area is 95.5 Å². The van der Waals surface area contributed by atoms with Crippen LogP contribution in [0.5, 0.6) is 0 Å². The predicted molar refractivity (Wildman–Crippen MR) is 61.7 cm³/mol. The lowest BCUT2D eigenvalue weighted by atomic mass is 10.1. The van der Waals surface area contributed by atoms with Gasteiger partial charge in [-0.1, -0.05) is 20.8 Å². The summed E-state index contributed by atoms with van der Waals surface area (Å²) in [6, 6.07) is 0. The molecule has 3 nitrogen and oxygen atoms in total. The molecule has 0 aliphatic heterocycles. The molecule has 1 unspecified atom stereocenters. The smallest absolute Gasteiger partial charge is 0.186 e. The number of anilines is 1. The molecule has 1 aromatic rings. The van der Waals surface area contributed by atoms with E-state index in [2.05, 4.69) is 29.1 Å². The number of hydrogen-bond donors (Lipinski definition) is 1. The Morgan fingerprint density at radius 2 is 2.19 bits per heavy atom. The Kier molecular flexibility index (Phi) is 2.82. The van der Waals surface area contributed by atoms with E-state index in [0.717, 1.165) is 6.54 Å². The summed E-state index contributed by atoms with van der Waals surface area (Å²) in [6.45, 7) is 7.14. The van der Waals surface area contributed by atoms with Gasteiger partial charge in [-0.25, -0.2) is 14.4 Å². The van der Waals surface area contributed by atoms with Crippen LogP contribution in [0.4, 0.5) is 10.2 Å². The largest absolute Gasteiger partial charge is 0.367 e. The predicted octanol–water partition coefficient (Wildman–Crippen LogP) is 2.64. The molecule has 1 N–H and O–H groups in total. The maximum Gasteiger partial charge on any atom is 0.186 e. The van der Waals surface area contributed by atoms with E-state index < -0.39 is 0 Å². The van der Waals surface area contributed by atoms with E-state index in [1.807, 2.05) is 6.92 Å². The minimum absolute atomic E-state index is 0.302. The molecule has 2 rings (SSSR count). The summed E-state index contributed by atoms with van der Waals surface area (Å²) in [6.07, 6.45) is 3.22. The number of hydrogen-bond acceptors (Lipinski definition) is 3. The van der Waals surface area contributed by atoms with E-state index in [-0.39, 0.29) is 5.82 Å². The lowest BCUT2D eigenvalue weighted by Gasteiger charge is -2.08. The van der Waals surface area contributed by atoms with Gasteiger partial charge in [0.05, 0.1) is 5.69 Å². The molecule has 1 aliphatic carbocycles. The lowest BCUT2D eigenvalue weighted by molar-refractivity contribution is 0.566. The molecule has 0 bridgehead atoms. The van der Waals surface area contributed by atoms with Crippen molar-refractivity contribution in [1.29, 1.82) is 0 Å². The molecular formula is C12H18FN3. The Balaban J connectivity index is 1.99. The van der Waals surface area contributed by atoms with Gasteiger partial charge in [0.2, 0.25) is 0 Å². The van der Waals surface area contributed by atoms with Crippen molar-refractivity contribution >= 4 is 5.82 Å². The van der Waals surface area contributed by atoms with E-state index >= 15 is 0 Å². The van der Waals surface area contributed by atoms with E-state index in [9.17, 15) is 4.39 Å². The van der Waals surface area contributed by atoms with Crippen molar-refractivity contribution in [2.24, 2.45) is 11.3 Å². The molecule has 4 heteroatoms. The number of nitrogens with zero attached hydrogens (tertiary/aromatic N) is 2. The van der Waals surface area contributed by atoms with Crippen LogP contribution in [0.1, 0.15) is 32.9 Å². The quantitative estimate of drug-likeness (QED) is 0.852. The fraction of sp³-hybridized carbons (Fsp3) is 0.667. The molecule has 16 heavy (non-hydrogen) atoms. The van der Waals surface area contributed by atoms with Gasteiger partial charge in [-0.2, -0.15) is 0 Å². The first-order valence-electron chi connectivity index (χ1n) is 5.78. The zero-order valence-corrected chi connectivity index (χ0v) is 10.0. The summed E-state index contributed by atoms with van der Waals surface area (Å²) in [7, 11) is 0. The molecule has 1 aliphatic rings. The molecule has 0 radical (unpaired) electrons. The average Bonchev–Trinajstić information content (AvgIpc) is 2.85. The number of nitrogens with one attached hydrogen (secondary N) is 1. The molecule has 1 aromatic heterocycles. The van der Waals surface area contributed by atoms with E-state index in [1.165, 1.54) is 12.7 Å². The highest BCUT2D eigenvalue weighted by molar-refractivity contribution is 5.37. The molecule has 1 saturated carbocycles. The van der Waals surface area contributed by atoms with Crippen molar-refractivity contribution in [3.05, 3.63) is 17.8 Å². The van der Waals surface area contributed by atoms with Gasteiger partial charge in [0, 0.05) is 6.54 Å². The molecule has 1 heterocycles. The Morgan fingerprint density at radius 3 is 2.75 bits per heavy atom. The third kappa shape index (κ3) is 2.15. The topological polar surface area (TPSA) is 37.8 Å². The molecule has 0 saturated heterocycles. The van der Waals surface area contributed by atoms with Crippen molar-refractivity contribution < 1.29 is 4.39 Å². The van der Waals surface area contributed by atoms with Gasteiger partial charge in [-0.3, -0.25) is 0 Å². The van der Waals surface area contributed by atoms with Crippen LogP contribution in [0.2, 0.25) is 0 Å². The summed E-state index contributed by atoms with van der Waals surface area (Å²) in [5, 5.41) is 3.08. The maximum atomic E-state index is 13.7. The zero-order valence-electron chi connectivity index (χ0n) is 10.0. The number of halogens is 1. The Morgan fingerprint density at radius 1 is 1.50 bits per heavy atom. The summed E-state index contributed by atoms with van der Waals surface area (Å²) >= 11 is 0. The molecule has 0 amide bonds. The van der Waals surface area contributed by atoms with E-state index in [0.29, 0.717) is 29.3 Å². The van der Waals surface area contributed by atoms with Crippen molar-refractivity contribution in [2.45, 2.75) is 33.6 Å². The second kappa shape index (κ2) is 4.00. The van der Waals surface area contributed by atoms with Gasteiger partial charge in [0.15, 0.2) is 11.6 Å². The standard InChI is InChI=1S/C12H18FN3/c1-4-9-10(13)11(16-7-15-9)14-6-8-5-12(8,2)3/h7-8H,4-6H2,1-3H3,(H,14,15,16). The first-order chi connectivity index (χ1) is 7.54. The molecule has 88 valence electrons. The van der Waals surface area contributed by atoms with Gasteiger partial charge in [0.1, 0.15) is 6.33 Å². The van der Waals surface area contributed by atoms with Crippen LogP contribution < -0.4 is 5.32 Å². The van der Waals surface area contributed by atoms with Crippen molar-refractivity contribution in [3.8, 4) is 0 Å². The number of aryl methyl sites for hydroxylation is 1. The van der Waals surface area contributed by atoms with Gasteiger partial charge >= 0.3 is 0 Å². The molecular weight excluding hydrogens is 205 g/mol. The minimum atomic E-state index is -0.302. The molecule has 1 fully saturated rings. The third-order valence-corrected chi connectivity index (χ3v) is 3.43. The zero-order chi connectivity index (χ0) is 11.8. The summed E-state index contributed by atoms with van der Waals surface area (Å²) in [5.74, 6) is 0.671. The minimum Gasteiger partial charge on any atom is -0.367 e. The van der Waals surface area contributed by atoms with Crippen LogP contribution in [0.25, 0.3) is 0 Å². The highest BCUT2D eigenvalue weighted by Gasteiger charge is 2.45. The second-order valence-electron chi connectivity index (χ2n) is 5.11. The summed E-state index contributed by atoms with van der Waals surface area (Å²) in [5.41, 5.74) is 0.886. The van der Waals surface area contributed by atoms with Crippen molar-refractivity contribution in [1.82, 2.24) is 9.97 Å². The Hall–Kier alpha value is -1.19. The van der Waals surface area contributed by atoms with Gasteiger partial charge < -0.3 is 5.32 Å². The summed E-state index contributed by atoms with van der Waals surface area (Å²) in [4.78, 5) is 7.84. The van der Waals surface area contributed by atoms with Crippen LogP contribution in [0.3, 0.4) is 0 Å². The highest BCUT2D eigenvalue weighted by Crippen LogP contribution is 2.51. The number of rotatable bonds is 4. The first-order valence-corrected chi connectivity index (χ1v) is 5.78. The van der Waals surface area contributed by atoms with Crippen LogP contribution in [-0.2, 0) is 6.42 Å². The van der Waals surface area contributed by atoms with Crippen LogP contribution in [-0.4, -0.2) is 16.5 Å². The van der Waals surface area contributed by atoms with E-state index in [4.69, 9.17) is 0 Å². The third-order valence-electron chi connectivity index (χ3n) is 3.43. The first kappa shape index (κ1) is 11.3. The normalized spacial score (nSPS) is 21.9. The second-order valence-corrected chi connectivity index (χ2v) is 5.11. The molecule has 1 atom stereocenters. The molecule has 0 spiro atoms. The van der Waals surface area contributed by atoms with Crippen molar-refractivity contribution in [3.63, 3.8) is 0 Å². The van der Waals surface area contributed by atoms with Crippen LogP contribution in [0, 0.1) is 17.2 Å². The van der Waals surface area contributed by atoms with E-state index in [1.54, 1.807) is 0 Å². The molecule has 0 aromatic carbocycles. The Bertz CT molecular complexity index is 390.